The van der Waals surface area contributed by atoms with Gasteiger partial charge in [0.1, 0.15) is 11.6 Å². The number of piperidine rings is 1. The molecular formula is C24H25F3N4O4. The second-order valence-electron chi connectivity index (χ2n) is 7.99. The zero-order valence-corrected chi connectivity index (χ0v) is 19.2. The van der Waals surface area contributed by atoms with Crippen LogP contribution in [0.25, 0.3) is 11.1 Å². The minimum absolute atomic E-state index is 0.0402. The van der Waals surface area contributed by atoms with E-state index in [0.29, 0.717) is 11.5 Å². The second-order valence-corrected chi connectivity index (χ2v) is 7.99. The molecule has 3 heterocycles. The van der Waals surface area contributed by atoms with Gasteiger partial charge >= 0.3 is 12.1 Å². The number of aryl methyl sites for hydroxylation is 1. The standard InChI is InChI=1S/C22H24N4O2.C2HF3O2/c1-15-11-19(28-2)3-4-20(15)17-12-18(14-23-13-17)22(27)26-9-5-16(6-10-26)21-24-7-8-25-21;3-2(4,5)1(6)7/h3-4,7-8,11-14,16H,5-6,9-10H2,1-2H3,(H,24,25);(H,6,7). The lowest BCUT2D eigenvalue weighted by Gasteiger charge is -2.31. The van der Waals surface area contributed by atoms with Gasteiger partial charge in [-0.25, -0.2) is 9.78 Å². The average Bonchev–Trinajstić information content (AvgIpc) is 3.38. The summed E-state index contributed by atoms with van der Waals surface area (Å²) in [7, 11) is 1.66. The van der Waals surface area contributed by atoms with Crippen molar-refractivity contribution in [3.8, 4) is 16.9 Å². The average molecular weight is 490 g/mol. The minimum atomic E-state index is -5.08. The summed E-state index contributed by atoms with van der Waals surface area (Å²) in [5.74, 6) is -0.483. The number of pyridine rings is 1. The van der Waals surface area contributed by atoms with Crippen molar-refractivity contribution in [2.45, 2.75) is 31.9 Å². The van der Waals surface area contributed by atoms with Crippen LogP contribution in [0.1, 0.15) is 40.5 Å². The summed E-state index contributed by atoms with van der Waals surface area (Å²) in [6.45, 7) is 3.50. The molecule has 0 unspecified atom stereocenters. The first-order valence-corrected chi connectivity index (χ1v) is 10.8. The molecule has 8 nitrogen and oxygen atoms in total. The number of hydrogen-bond donors (Lipinski definition) is 2. The van der Waals surface area contributed by atoms with E-state index in [9.17, 15) is 18.0 Å². The second kappa shape index (κ2) is 11.0. The van der Waals surface area contributed by atoms with Gasteiger partial charge in [0, 0.05) is 49.4 Å². The van der Waals surface area contributed by atoms with Gasteiger partial charge in [0.15, 0.2) is 0 Å². The summed E-state index contributed by atoms with van der Waals surface area (Å²) in [5, 5.41) is 7.12. The van der Waals surface area contributed by atoms with Crippen LogP contribution in [0.4, 0.5) is 13.2 Å². The third-order valence-corrected chi connectivity index (χ3v) is 5.66. The van der Waals surface area contributed by atoms with Crippen LogP contribution in [0.3, 0.4) is 0 Å². The number of carboxylic acids is 1. The number of hydrogen-bond acceptors (Lipinski definition) is 5. The van der Waals surface area contributed by atoms with Crippen molar-refractivity contribution < 1.29 is 32.6 Å². The van der Waals surface area contributed by atoms with E-state index in [1.165, 1.54) is 0 Å². The lowest BCUT2D eigenvalue weighted by atomic mass is 9.95. The molecule has 4 rings (SSSR count). The number of amides is 1. The van der Waals surface area contributed by atoms with Crippen molar-refractivity contribution in [1.29, 1.82) is 0 Å². The summed E-state index contributed by atoms with van der Waals surface area (Å²) in [6.07, 6.45) is 3.85. The molecule has 0 aliphatic carbocycles. The quantitative estimate of drug-likeness (QED) is 0.560. The summed E-state index contributed by atoms with van der Waals surface area (Å²) >= 11 is 0. The molecule has 1 fully saturated rings. The number of nitrogens with one attached hydrogen (secondary N) is 1. The number of carboxylic acid groups (broad SMARTS) is 1. The predicted octanol–water partition coefficient (Wildman–Crippen LogP) is 4.44. The number of H-pyrrole nitrogens is 1. The maximum atomic E-state index is 13.0. The van der Waals surface area contributed by atoms with Crippen LogP contribution in [-0.2, 0) is 4.79 Å². The van der Waals surface area contributed by atoms with Crippen molar-refractivity contribution in [3.05, 3.63) is 66.0 Å². The molecule has 0 spiro atoms. The smallest absolute Gasteiger partial charge is 0.490 e. The lowest BCUT2D eigenvalue weighted by molar-refractivity contribution is -0.192. The van der Waals surface area contributed by atoms with Crippen LogP contribution in [0, 0.1) is 6.92 Å². The number of rotatable bonds is 4. The van der Waals surface area contributed by atoms with Crippen LogP contribution < -0.4 is 4.74 Å². The van der Waals surface area contributed by atoms with Crippen LogP contribution in [0.15, 0.2) is 49.1 Å². The SMILES string of the molecule is COc1ccc(-c2cncc(C(=O)N3CCC(c4ncc[nH]4)CC3)c2)c(C)c1.O=C(O)C(F)(F)F. The molecule has 1 aliphatic heterocycles. The molecule has 0 bridgehead atoms. The number of halogens is 3. The van der Waals surface area contributed by atoms with Gasteiger partial charge in [0.2, 0.25) is 0 Å². The van der Waals surface area contributed by atoms with E-state index in [1.807, 2.05) is 42.3 Å². The Balaban J connectivity index is 0.000000429. The van der Waals surface area contributed by atoms with Crippen molar-refractivity contribution >= 4 is 11.9 Å². The summed E-state index contributed by atoms with van der Waals surface area (Å²) in [4.78, 5) is 35.7. The Hall–Kier alpha value is -3.89. The molecule has 0 radical (unpaired) electrons. The van der Waals surface area contributed by atoms with Crippen molar-refractivity contribution in [3.63, 3.8) is 0 Å². The number of imidazole rings is 1. The maximum Gasteiger partial charge on any atom is 0.490 e. The number of aromatic nitrogens is 3. The van der Waals surface area contributed by atoms with Gasteiger partial charge in [0.25, 0.3) is 5.91 Å². The highest BCUT2D eigenvalue weighted by atomic mass is 19.4. The summed E-state index contributed by atoms with van der Waals surface area (Å²) in [6, 6.07) is 7.86. The molecule has 35 heavy (non-hydrogen) atoms. The van der Waals surface area contributed by atoms with E-state index in [1.54, 1.807) is 25.7 Å². The molecule has 2 N–H and O–H groups in total. The van der Waals surface area contributed by atoms with Crippen molar-refractivity contribution in [1.82, 2.24) is 19.9 Å². The number of alkyl halides is 3. The molecule has 2 aromatic heterocycles. The first-order chi connectivity index (χ1) is 16.6. The molecule has 1 saturated heterocycles. The van der Waals surface area contributed by atoms with Crippen LogP contribution >= 0.6 is 0 Å². The highest BCUT2D eigenvalue weighted by Gasteiger charge is 2.38. The van der Waals surface area contributed by atoms with Crippen LogP contribution in [0.2, 0.25) is 0 Å². The third-order valence-electron chi connectivity index (χ3n) is 5.66. The van der Waals surface area contributed by atoms with Gasteiger partial charge in [-0.2, -0.15) is 13.2 Å². The zero-order valence-electron chi connectivity index (χ0n) is 19.2. The normalized spacial score (nSPS) is 14.1. The van der Waals surface area contributed by atoms with Gasteiger partial charge in [-0.05, 0) is 49.1 Å². The van der Waals surface area contributed by atoms with Crippen LogP contribution in [0.5, 0.6) is 5.75 Å². The summed E-state index contributed by atoms with van der Waals surface area (Å²) in [5.41, 5.74) is 3.71. The van der Waals surface area contributed by atoms with E-state index in [4.69, 9.17) is 14.6 Å². The Labute approximate surface area is 199 Å². The van der Waals surface area contributed by atoms with Gasteiger partial charge in [-0.1, -0.05) is 6.07 Å². The number of aliphatic carboxylic acids is 1. The van der Waals surface area contributed by atoms with Gasteiger partial charge in [-0.3, -0.25) is 9.78 Å². The molecular weight excluding hydrogens is 465 g/mol. The maximum absolute atomic E-state index is 13.0. The van der Waals surface area contributed by atoms with E-state index in [0.717, 1.165) is 54.2 Å². The van der Waals surface area contributed by atoms with E-state index in [2.05, 4.69) is 15.0 Å². The molecule has 3 aromatic rings. The molecule has 11 heteroatoms. The fraction of sp³-hybridized carbons (Fsp3) is 0.333. The molecule has 1 aromatic carbocycles. The topological polar surface area (TPSA) is 108 Å². The molecule has 0 atom stereocenters. The number of carbonyl (C=O) groups is 2. The molecule has 1 amide bonds. The van der Waals surface area contributed by atoms with Gasteiger partial charge < -0.3 is 19.7 Å². The van der Waals surface area contributed by atoms with Gasteiger partial charge in [0.05, 0.1) is 12.7 Å². The van der Waals surface area contributed by atoms with E-state index >= 15 is 0 Å². The number of aromatic amines is 1. The van der Waals surface area contributed by atoms with E-state index in [-0.39, 0.29) is 5.91 Å². The van der Waals surface area contributed by atoms with Crippen LogP contribution in [-0.4, -0.2) is 63.2 Å². The number of methoxy groups -OCH3 is 1. The number of likely N-dealkylation sites (tertiary alicyclic amines) is 1. The molecule has 1 aliphatic rings. The fourth-order valence-corrected chi connectivity index (χ4v) is 3.83. The Morgan fingerprint density at radius 1 is 1.17 bits per heavy atom. The predicted molar refractivity (Wildman–Crippen MR) is 121 cm³/mol. The Morgan fingerprint density at radius 2 is 1.86 bits per heavy atom. The first-order valence-electron chi connectivity index (χ1n) is 10.8. The number of nitrogens with zero attached hydrogens (tertiary/aromatic N) is 3. The first kappa shape index (κ1) is 25.7. The fourth-order valence-electron chi connectivity index (χ4n) is 3.83. The third kappa shape index (κ3) is 6.58. The highest BCUT2D eigenvalue weighted by Crippen LogP contribution is 2.29. The zero-order chi connectivity index (χ0) is 25.6. The highest BCUT2D eigenvalue weighted by molar-refractivity contribution is 5.95. The van der Waals surface area contributed by atoms with E-state index < -0.39 is 12.1 Å². The summed E-state index contributed by atoms with van der Waals surface area (Å²) < 4.78 is 37.0. The number of carbonyl (C=O) groups excluding carboxylic acids is 1. The monoisotopic (exact) mass is 490 g/mol. The Morgan fingerprint density at radius 3 is 2.40 bits per heavy atom. The van der Waals surface area contributed by atoms with Crippen molar-refractivity contribution in [2.75, 3.05) is 20.2 Å². The lowest BCUT2D eigenvalue weighted by Crippen LogP contribution is -2.38. The number of benzene rings is 1. The Kier molecular flexibility index (Phi) is 8.10. The van der Waals surface area contributed by atoms with Crippen molar-refractivity contribution in [2.24, 2.45) is 0 Å². The van der Waals surface area contributed by atoms with Gasteiger partial charge in [-0.15, -0.1) is 0 Å². The Bertz CT molecular complexity index is 1160. The largest absolute Gasteiger partial charge is 0.497 e. The molecule has 0 saturated carbocycles. The number of ether oxygens (including phenoxy) is 1. The minimum Gasteiger partial charge on any atom is -0.497 e. The molecule has 186 valence electrons.